The Morgan fingerprint density at radius 1 is 1.50 bits per heavy atom. The second-order valence-electron chi connectivity index (χ2n) is 3.36. The van der Waals surface area contributed by atoms with Crippen LogP contribution in [0.15, 0.2) is 35.0 Å². The lowest BCUT2D eigenvalue weighted by atomic mass is 10.1. The minimum absolute atomic E-state index is 0.0418. The summed E-state index contributed by atoms with van der Waals surface area (Å²) in [7, 11) is 0. The van der Waals surface area contributed by atoms with Crippen LogP contribution < -0.4 is 0 Å². The van der Waals surface area contributed by atoms with Crippen molar-refractivity contribution < 1.29 is 10.1 Å². The Morgan fingerprint density at radius 2 is 2.19 bits per heavy atom. The largest absolute Gasteiger partial charge is 0.411 e. The van der Waals surface area contributed by atoms with Crippen LogP contribution in [0.25, 0.3) is 6.08 Å². The quantitative estimate of drug-likeness (QED) is 0.368. The first-order chi connectivity index (χ1) is 7.54. The molecule has 0 unspecified atom stereocenters. The van der Waals surface area contributed by atoms with Gasteiger partial charge >= 0.3 is 0 Å². The van der Waals surface area contributed by atoms with E-state index in [9.17, 15) is 10.1 Å². The average molecular weight is 220 g/mol. The number of oxime groups is 1. The summed E-state index contributed by atoms with van der Waals surface area (Å²) >= 11 is 0. The molecule has 0 aromatic heterocycles. The summed E-state index contributed by atoms with van der Waals surface area (Å²) in [5.74, 6) is 0. The maximum absolute atomic E-state index is 10.6. The molecule has 0 radical (unpaired) electrons. The Labute approximate surface area is 92.9 Å². The molecule has 1 aromatic carbocycles. The molecule has 1 aromatic rings. The topological polar surface area (TPSA) is 75.7 Å². The highest BCUT2D eigenvalue weighted by molar-refractivity contribution is 6.01. The van der Waals surface area contributed by atoms with Crippen LogP contribution in [0.1, 0.15) is 19.4 Å². The molecule has 0 fully saturated rings. The molecule has 0 aliphatic rings. The number of benzene rings is 1. The normalized spacial score (nSPS) is 12.6. The molecule has 16 heavy (non-hydrogen) atoms. The zero-order chi connectivity index (χ0) is 12.1. The van der Waals surface area contributed by atoms with E-state index >= 15 is 0 Å². The lowest BCUT2D eigenvalue weighted by Gasteiger charge is -1.99. The van der Waals surface area contributed by atoms with Gasteiger partial charge in [-0.05, 0) is 31.1 Å². The minimum atomic E-state index is -0.445. The monoisotopic (exact) mass is 220 g/mol. The zero-order valence-corrected chi connectivity index (χ0v) is 9.04. The van der Waals surface area contributed by atoms with Gasteiger partial charge in [-0.2, -0.15) is 0 Å². The highest BCUT2D eigenvalue weighted by Gasteiger charge is 2.04. The number of nitrogens with zero attached hydrogens (tertiary/aromatic N) is 2. The molecule has 0 amide bonds. The molecular formula is C11H12N2O3. The maximum Gasteiger partial charge on any atom is 0.270 e. The van der Waals surface area contributed by atoms with Gasteiger partial charge in [-0.3, -0.25) is 10.1 Å². The standard InChI is InChI=1S/C11H12N2O3/c1-8(9(2)12-14)6-10-4-3-5-11(7-10)13(15)16/h3-7,14H,1-2H3/b8-6+,12-9-. The van der Waals surface area contributed by atoms with Crippen LogP contribution in [0, 0.1) is 10.1 Å². The van der Waals surface area contributed by atoms with Gasteiger partial charge in [0.15, 0.2) is 0 Å². The number of hydrogen-bond acceptors (Lipinski definition) is 4. The van der Waals surface area contributed by atoms with Gasteiger partial charge in [-0.15, -0.1) is 0 Å². The predicted molar refractivity (Wildman–Crippen MR) is 61.6 cm³/mol. The fraction of sp³-hybridized carbons (Fsp3) is 0.182. The van der Waals surface area contributed by atoms with Crippen molar-refractivity contribution in [1.29, 1.82) is 0 Å². The molecule has 84 valence electrons. The molecule has 0 atom stereocenters. The van der Waals surface area contributed by atoms with Gasteiger partial charge in [0.05, 0.1) is 10.6 Å². The summed E-state index contributed by atoms with van der Waals surface area (Å²) in [4.78, 5) is 10.1. The van der Waals surface area contributed by atoms with E-state index in [4.69, 9.17) is 5.21 Å². The van der Waals surface area contributed by atoms with Gasteiger partial charge in [0, 0.05) is 12.1 Å². The van der Waals surface area contributed by atoms with E-state index < -0.39 is 4.92 Å². The summed E-state index contributed by atoms with van der Waals surface area (Å²) in [6, 6.07) is 6.26. The SMILES string of the molecule is CC(=N/O)/C(C)=C/c1cccc([N+](=O)[O-])c1. The average Bonchev–Trinajstić information content (AvgIpc) is 2.28. The second-order valence-corrected chi connectivity index (χ2v) is 3.36. The first kappa shape index (κ1) is 11.9. The number of allylic oxidation sites excluding steroid dienone is 1. The van der Waals surface area contributed by atoms with Gasteiger partial charge in [0.1, 0.15) is 0 Å². The van der Waals surface area contributed by atoms with E-state index in [-0.39, 0.29) is 5.69 Å². The minimum Gasteiger partial charge on any atom is -0.411 e. The summed E-state index contributed by atoms with van der Waals surface area (Å²) in [6.07, 6.45) is 1.72. The summed E-state index contributed by atoms with van der Waals surface area (Å²) in [5.41, 5.74) is 1.98. The zero-order valence-electron chi connectivity index (χ0n) is 9.04. The molecule has 0 heterocycles. The lowest BCUT2D eigenvalue weighted by molar-refractivity contribution is -0.384. The molecule has 1 N–H and O–H groups in total. The number of hydrogen-bond donors (Lipinski definition) is 1. The highest BCUT2D eigenvalue weighted by Crippen LogP contribution is 2.15. The van der Waals surface area contributed by atoms with Crippen LogP contribution in [0.2, 0.25) is 0 Å². The molecular weight excluding hydrogens is 208 g/mol. The number of nitro groups is 1. The third-order valence-electron chi connectivity index (χ3n) is 2.18. The first-order valence-electron chi connectivity index (χ1n) is 4.66. The van der Waals surface area contributed by atoms with E-state index in [2.05, 4.69) is 5.16 Å². The molecule has 5 heteroatoms. The Kier molecular flexibility index (Phi) is 3.77. The van der Waals surface area contributed by atoms with Crippen molar-refractivity contribution in [1.82, 2.24) is 0 Å². The smallest absolute Gasteiger partial charge is 0.270 e. The van der Waals surface area contributed by atoms with Crippen LogP contribution in [0.3, 0.4) is 0 Å². The van der Waals surface area contributed by atoms with Crippen molar-refractivity contribution in [3.8, 4) is 0 Å². The number of nitro benzene ring substituents is 1. The highest BCUT2D eigenvalue weighted by atomic mass is 16.6. The van der Waals surface area contributed by atoms with Gasteiger partial charge in [-0.1, -0.05) is 17.3 Å². The van der Waals surface area contributed by atoms with Gasteiger partial charge < -0.3 is 5.21 Å². The molecule has 1 rings (SSSR count). The van der Waals surface area contributed by atoms with Crippen molar-refractivity contribution in [3.63, 3.8) is 0 Å². The fourth-order valence-electron chi connectivity index (χ4n) is 1.16. The van der Waals surface area contributed by atoms with Crippen LogP contribution >= 0.6 is 0 Å². The molecule has 0 spiro atoms. The van der Waals surface area contributed by atoms with Crippen molar-refractivity contribution >= 4 is 17.5 Å². The van der Waals surface area contributed by atoms with Crippen molar-refractivity contribution in [2.45, 2.75) is 13.8 Å². The molecule has 0 aliphatic carbocycles. The Morgan fingerprint density at radius 3 is 2.75 bits per heavy atom. The number of non-ortho nitro benzene ring substituents is 1. The fourth-order valence-corrected chi connectivity index (χ4v) is 1.16. The van der Waals surface area contributed by atoms with Crippen LogP contribution in [0.5, 0.6) is 0 Å². The Bertz CT molecular complexity index is 464. The third-order valence-corrected chi connectivity index (χ3v) is 2.18. The summed E-state index contributed by atoms with van der Waals surface area (Å²) < 4.78 is 0. The Hall–Kier alpha value is -2.17. The molecule has 5 nitrogen and oxygen atoms in total. The Balaban J connectivity index is 3.06. The first-order valence-corrected chi connectivity index (χ1v) is 4.66. The van der Waals surface area contributed by atoms with Gasteiger partial charge in [0.2, 0.25) is 0 Å². The second kappa shape index (κ2) is 5.06. The summed E-state index contributed by atoms with van der Waals surface area (Å²) in [6.45, 7) is 3.43. The molecule has 0 saturated heterocycles. The lowest BCUT2D eigenvalue weighted by Crippen LogP contribution is -1.93. The van der Waals surface area contributed by atoms with Crippen molar-refractivity contribution in [2.24, 2.45) is 5.16 Å². The molecule has 0 bridgehead atoms. The third kappa shape index (κ3) is 2.91. The molecule has 0 saturated carbocycles. The van der Waals surface area contributed by atoms with Crippen molar-refractivity contribution in [3.05, 3.63) is 45.5 Å². The molecule has 0 aliphatic heterocycles. The van der Waals surface area contributed by atoms with Gasteiger partial charge in [0.25, 0.3) is 5.69 Å². The predicted octanol–water partition coefficient (Wildman–Crippen LogP) is 2.85. The van der Waals surface area contributed by atoms with E-state index in [1.807, 2.05) is 0 Å². The van der Waals surface area contributed by atoms with Crippen LogP contribution in [-0.4, -0.2) is 15.8 Å². The van der Waals surface area contributed by atoms with Crippen LogP contribution in [0.4, 0.5) is 5.69 Å². The van der Waals surface area contributed by atoms with Crippen LogP contribution in [-0.2, 0) is 0 Å². The maximum atomic E-state index is 10.6. The van der Waals surface area contributed by atoms with E-state index in [1.54, 1.807) is 32.1 Å². The van der Waals surface area contributed by atoms with Crippen molar-refractivity contribution in [2.75, 3.05) is 0 Å². The van der Waals surface area contributed by atoms with Gasteiger partial charge in [-0.25, -0.2) is 0 Å². The van der Waals surface area contributed by atoms with E-state index in [0.717, 1.165) is 5.57 Å². The summed E-state index contributed by atoms with van der Waals surface area (Å²) in [5, 5.41) is 22.2. The van der Waals surface area contributed by atoms with E-state index in [0.29, 0.717) is 11.3 Å². The number of rotatable bonds is 3. The van der Waals surface area contributed by atoms with E-state index in [1.165, 1.54) is 12.1 Å².